The van der Waals surface area contributed by atoms with Crippen molar-refractivity contribution in [2.24, 2.45) is 0 Å². The van der Waals surface area contributed by atoms with Crippen molar-refractivity contribution in [1.82, 2.24) is 30.5 Å². The number of fused-ring (bicyclic) bond motifs is 1. The van der Waals surface area contributed by atoms with Crippen molar-refractivity contribution in [3.63, 3.8) is 0 Å². The number of hydrogen-bond donors (Lipinski definition) is 1. The third-order valence-corrected chi connectivity index (χ3v) is 4.79. The van der Waals surface area contributed by atoms with E-state index in [0.717, 1.165) is 50.3 Å². The van der Waals surface area contributed by atoms with Crippen molar-refractivity contribution in [3.05, 3.63) is 30.0 Å². The fourth-order valence-electron chi connectivity index (χ4n) is 3.39. The molecule has 0 unspecified atom stereocenters. The van der Waals surface area contributed by atoms with E-state index in [-0.39, 0.29) is 12.4 Å². The Bertz CT molecular complexity index is 902. The first-order valence-corrected chi connectivity index (χ1v) is 8.59. The zero-order chi connectivity index (χ0) is 16.6. The van der Waals surface area contributed by atoms with Crippen LogP contribution >= 0.6 is 12.4 Å². The van der Waals surface area contributed by atoms with Crippen LogP contribution in [0.1, 0.15) is 24.4 Å². The molecule has 5 rings (SSSR count). The molecule has 4 heterocycles. The van der Waals surface area contributed by atoms with Crippen LogP contribution in [0, 0.1) is 0 Å². The number of nitrogens with one attached hydrogen (secondary N) is 1. The Balaban J connectivity index is 0.00000168. The third-order valence-electron chi connectivity index (χ3n) is 4.79. The molecule has 8 nitrogen and oxygen atoms in total. The molecule has 0 atom stereocenters. The molecule has 2 aliphatic heterocycles. The average molecular weight is 375 g/mol. The first-order valence-electron chi connectivity index (χ1n) is 8.59. The van der Waals surface area contributed by atoms with Crippen LogP contribution in [0.5, 0.6) is 5.75 Å². The van der Waals surface area contributed by atoms with E-state index in [1.807, 2.05) is 23.0 Å². The molecule has 1 aromatic carbocycles. The normalized spacial score (nSPS) is 16.8. The summed E-state index contributed by atoms with van der Waals surface area (Å²) >= 11 is 0. The van der Waals surface area contributed by atoms with E-state index >= 15 is 0 Å². The first kappa shape index (κ1) is 17.0. The summed E-state index contributed by atoms with van der Waals surface area (Å²) in [6.45, 7) is 2.75. The lowest BCUT2D eigenvalue weighted by molar-refractivity contribution is 0.337. The Hall–Kier alpha value is -2.45. The maximum Gasteiger partial charge on any atom is 0.280 e. The largest absolute Gasteiger partial charge is 0.493 e. The van der Waals surface area contributed by atoms with Gasteiger partial charge in [0.2, 0.25) is 5.82 Å². The number of piperidine rings is 1. The molecule has 0 bridgehead atoms. The molecule has 1 fully saturated rings. The average Bonchev–Trinajstić information content (AvgIpc) is 3.40. The quantitative estimate of drug-likeness (QED) is 0.751. The van der Waals surface area contributed by atoms with Crippen molar-refractivity contribution in [2.45, 2.75) is 25.3 Å². The van der Waals surface area contributed by atoms with Crippen LogP contribution in [0.25, 0.3) is 23.0 Å². The summed E-state index contributed by atoms with van der Waals surface area (Å²) in [6, 6.07) is 6.34. The molecular formula is C17H19ClN6O2. The SMILES string of the molecule is Cl.c1cc2c(cc1-c1noc(-c3cn(C4CCNCC4)nn3)n1)CCO2. The fourth-order valence-corrected chi connectivity index (χ4v) is 3.39. The van der Waals surface area contributed by atoms with Crippen LogP contribution in [0.3, 0.4) is 0 Å². The Morgan fingerprint density at radius 1 is 1.19 bits per heavy atom. The van der Waals surface area contributed by atoms with Crippen LogP contribution in [-0.4, -0.2) is 44.8 Å². The number of hydrogen-bond acceptors (Lipinski definition) is 7. The van der Waals surface area contributed by atoms with E-state index in [4.69, 9.17) is 9.26 Å². The summed E-state index contributed by atoms with van der Waals surface area (Å²) < 4.78 is 12.8. The molecule has 9 heteroatoms. The van der Waals surface area contributed by atoms with E-state index in [2.05, 4.69) is 31.8 Å². The van der Waals surface area contributed by atoms with Gasteiger partial charge in [-0.1, -0.05) is 10.4 Å². The molecule has 2 aliphatic rings. The zero-order valence-corrected chi connectivity index (χ0v) is 14.9. The number of benzene rings is 1. The maximum atomic E-state index is 5.53. The second-order valence-electron chi connectivity index (χ2n) is 6.41. The molecule has 0 saturated carbocycles. The highest BCUT2D eigenvalue weighted by atomic mass is 35.5. The number of rotatable bonds is 3. The molecule has 26 heavy (non-hydrogen) atoms. The summed E-state index contributed by atoms with van der Waals surface area (Å²) in [5, 5.41) is 15.9. The highest BCUT2D eigenvalue weighted by molar-refractivity contribution is 5.85. The van der Waals surface area contributed by atoms with E-state index < -0.39 is 0 Å². The summed E-state index contributed by atoms with van der Waals surface area (Å²) in [5.41, 5.74) is 2.72. The van der Waals surface area contributed by atoms with Gasteiger partial charge in [0.05, 0.1) is 18.8 Å². The van der Waals surface area contributed by atoms with Gasteiger partial charge in [-0.05, 0) is 49.7 Å². The number of nitrogens with zero attached hydrogens (tertiary/aromatic N) is 5. The van der Waals surface area contributed by atoms with Crippen LogP contribution in [0.2, 0.25) is 0 Å². The van der Waals surface area contributed by atoms with Gasteiger partial charge in [-0.3, -0.25) is 0 Å². The molecule has 0 spiro atoms. The molecule has 0 aliphatic carbocycles. The minimum atomic E-state index is 0. The molecule has 0 radical (unpaired) electrons. The van der Waals surface area contributed by atoms with Crippen molar-refractivity contribution >= 4 is 12.4 Å². The minimum Gasteiger partial charge on any atom is -0.493 e. The third kappa shape index (κ3) is 3.06. The van der Waals surface area contributed by atoms with Gasteiger partial charge in [-0.2, -0.15) is 4.98 Å². The Kier molecular flexibility index (Phi) is 4.60. The van der Waals surface area contributed by atoms with Gasteiger partial charge in [-0.15, -0.1) is 17.5 Å². The zero-order valence-electron chi connectivity index (χ0n) is 14.1. The lowest BCUT2D eigenvalue weighted by Gasteiger charge is -2.21. The molecule has 1 N–H and O–H groups in total. The van der Waals surface area contributed by atoms with Crippen molar-refractivity contribution in [1.29, 1.82) is 0 Å². The summed E-state index contributed by atoms with van der Waals surface area (Å²) in [5.74, 6) is 1.89. The van der Waals surface area contributed by atoms with E-state index in [0.29, 0.717) is 23.5 Å². The van der Waals surface area contributed by atoms with Crippen molar-refractivity contribution in [2.75, 3.05) is 19.7 Å². The number of halogens is 1. The highest BCUT2D eigenvalue weighted by Gasteiger charge is 2.20. The van der Waals surface area contributed by atoms with E-state index in [9.17, 15) is 0 Å². The second-order valence-corrected chi connectivity index (χ2v) is 6.41. The maximum absolute atomic E-state index is 5.53. The lowest BCUT2D eigenvalue weighted by Crippen LogP contribution is -2.29. The molecule has 2 aromatic heterocycles. The standard InChI is InChI=1S/C17H18N6O2.ClH/c1-2-15-11(5-8-24-15)9-12(1)16-19-17(25-21-16)14-10-23(22-20-14)13-3-6-18-7-4-13;/h1-2,9-10,13,18H,3-8H2;1H. The second kappa shape index (κ2) is 7.05. The lowest BCUT2D eigenvalue weighted by atomic mass is 10.1. The van der Waals surface area contributed by atoms with Crippen LogP contribution < -0.4 is 10.1 Å². The Labute approximate surface area is 156 Å². The number of ether oxygens (including phenoxy) is 1. The van der Waals surface area contributed by atoms with Gasteiger partial charge in [0, 0.05) is 12.0 Å². The van der Waals surface area contributed by atoms with E-state index in [1.54, 1.807) is 0 Å². The summed E-state index contributed by atoms with van der Waals surface area (Å²) in [7, 11) is 0. The Morgan fingerprint density at radius 3 is 2.96 bits per heavy atom. The van der Waals surface area contributed by atoms with Crippen LogP contribution in [0.4, 0.5) is 0 Å². The predicted molar refractivity (Wildman–Crippen MR) is 96.3 cm³/mol. The number of aromatic nitrogens is 5. The Morgan fingerprint density at radius 2 is 2.08 bits per heavy atom. The van der Waals surface area contributed by atoms with Crippen molar-refractivity contribution in [3.8, 4) is 28.7 Å². The van der Waals surface area contributed by atoms with E-state index in [1.165, 1.54) is 5.56 Å². The van der Waals surface area contributed by atoms with Gasteiger partial charge in [0.15, 0.2) is 5.69 Å². The predicted octanol–water partition coefficient (Wildman–Crippen LogP) is 2.28. The highest BCUT2D eigenvalue weighted by Crippen LogP contribution is 2.30. The minimum absolute atomic E-state index is 0. The topological polar surface area (TPSA) is 90.9 Å². The van der Waals surface area contributed by atoms with Gasteiger partial charge >= 0.3 is 0 Å². The molecule has 3 aromatic rings. The van der Waals surface area contributed by atoms with Gasteiger partial charge in [0.1, 0.15) is 5.75 Å². The van der Waals surface area contributed by atoms with Crippen LogP contribution in [0.15, 0.2) is 28.9 Å². The van der Waals surface area contributed by atoms with Gasteiger partial charge in [0.25, 0.3) is 5.89 Å². The van der Waals surface area contributed by atoms with Gasteiger partial charge < -0.3 is 14.6 Å². The first-order chi connectivity index (χ1) is 12.4. The van der Waals surface area contributed by atoms with Gasteiger partial charge in [-0.25, -0.2) is 4.68 Å². The smallest absolute Gasteiger partial charge is 0.280 e. The molecule has 136 valence electrons. The monoisotopic (exact) mass is 374 g/mol. The summed E-state index contributed by atoms with van der Waals surface area (Å²) in [4.78, 5) is 4.49. The van der Waals surface area contributed by atoms with Crippen LogP contribution in [-0.2, 0) is 6.42 Å². The molecule has 1 saturated heterocycles. The molecular weight excluding hydrogens is 356 g/mol. The van der Waals surface area contributed by atoms with Crippen molar-refractivity contribution < 1.29 is 9.26 Å². The summed E-state index contributed by atoms with van der Waals surface area (Å²) in [6.07, 6.45) is 4.91. The fraction of sp³-hybridized carbons (Fsp3) is 0.412. The molecule has 0 amide bonds.